The molecule has 1 aliphatic rings. The van der Waals surface area contributed by atoms with E-state index >= 15 is 0 Å². The molecule has 0 aliphatic carbocycles. The summed E-state index contributed by atoms with van der Waals surface area (Å²) in [5.74, 6) is 0.578. The average Bonchev–Trinajstić information content (AvgIpc) is 2.66. The Kier molecular flexibility index (Phi) is 3.55. The first-order chi connectivity index (χ1) is 7.20. The molecule has 2 rings (SSSR count). The number of rotatable bonds is 2. The van der Waals surface area contributed by atoms with Crippen LogP contribution in [0.5, 0.6) is 0 Å². The molecular formula is C12H15Cl2N. The summed E-state index contributed by atoms with van der Waals surface area (Å²) in [7, 11) is 0. The Hall–Kier alpha value is -0.240. The molecule has 1 atom stereocenters. The number of benzene rings is 1. The van der Waals surface area contributed by atoms with Gasteiger partial charge < -0.3 is 4.90 Å². The Labute approximate surface area is 101 Å². The van der Waals surface area contributed by atoms with E-state index in [4.69, 9.17) is 23.2 Å². The SMILES string of the molecule is CCN1CCC(c2ccc(Cl)cc2Cl)C1. The molecule has 3 heteroatoms. The summed E-state index contributed by atoms with van der Waals surface area (Å²) in [6.07, 6.45) is 1.20. The fourth-order valence-corrected chi connectivity index (χ4v) is 2.77. The Bertz CT molecular complexity index is 351. The third-order valence-electron chi connectivity index (χ3n) is 3.12. The van der Waals surface area contributed by atoms with E-state index in [-0.39, 0.29) is 0 Å². The molecule has 1 heterocycles. The third-order valence-corrected chi connectivity index (χ3v) is 3.68. The van der Waals surface area contributed by atoms with E-state index in [0.29, 0.717) is 10.9 Å². The summed E-state index contributed by atoms with van der Waals surface area (Å²) < 4.78 is 0. The van der Waals surface area contributed by atoms with Crippen molar-refractivity contribution in [1.29, 1.82) is 0 Å². The molecule has 1 aliphatic heterocycles. The van der Waals surface area contributed by atoms with Crippen molar-refractivity contribution >= 4 is 23.2 Å². The van der Waals surface area contributed by atoms with E-state index in [1.54, 1.807) is 0 Å². The number of nitrogens with zero attached hydrogens (tertiary/aromatic N) is 1. The lowest BCUT2D eigenvalue weighted by Crippen LogP contribution is -2.19. The quantitative estimate of drug-likeness (QED) is 0.764. The highest BCUT2D eigenvalue weighted by molar-refractivity contribution is 6.35. The smallest absolute Gasteiger partial charge is 0.0456 e. The minimum Gasteiger partial charge on any atom is -0.303 e. The molecule has 1 saturated heterocycles. The van der Waals surface area contributed by atoms with Gasteiger partial charge in [0.05, 0.1) is 0 Å². The molecule has 1 nitrogen and oxygen atoms in total. The second kappa shape index (κ2) is 4.73. The zero-order chi connectivity index (χ0) is 10.8. The van der Waals surface area contributed by atoms with Gasteiger partial charge in [-0.05, 0) is 43.1 Å². The molecule has 1 aromatic carbocycles. The van der Waals surface area contributed by atoms with Crippen LogP contribution in [0, 0.1) is 0 Å². The second-order valence-electron chi connectivity index (χ2n) is 4.04. The molecule has 0 saturated carbocycles. The molecular weight excluding hydrogens is 229 g/mol. The fourth-order valence-electron chi connectivity index (χ4n) is 2.21. The van der Waals surface area contributed by atoms with Crippen molar-refractivity contribution in [2.24, 2.45) is 0 Å². The summed E-state index contributed by atoms with van der Waals surface area (Å²) in [5.41, 5.74) is 1.25. The van der Waals surface area contributed by atoms with Gasteiger partial charge in [-0.1, -0.05) is 36.2 Å². The van der Waals surface area contributed by atoms with Gasteiger partial charge in [0, 0.05) is 16.6 Å². The van der Waals surface area contributed by atoms with Crippen LogP contribution in [0.3, 0.4) is 0 Å². The van der Waals surface area contributed by atoms with Crippen molar-refractivity contribution in [2.45, 2.75) is 19.3 Å². The first kappa shape index (κ1) is 11.3. The van der Waals surface area contributed by atoms with Crippen LogP contribution in [-0.4, -0.2) is 24.5 Å². The van der Waals surface area contributed by atoms with E-state index in [0.717, 1.165) is 18.1 Å². The zero-order valence-electron chi connectivity index (χ0n) is 8.84. The van der Waals surface area contributed by atoms with Crippen LogP contribution in [0.4, 0.5) is 0 Å². The number of likely N-dealkylation sites (N-methyl/N-ethyl adjacent to an activating group) is 1. The summed E-state index contributed by atoms with van der Waals surface area (Å²) >= 11 is 12.1. The molecule has 0 spiro atoms. The summed E-state index contributed by atoms with van der Waals surface area (Å²) in [6.45, 7) is 5.63. The van der Waals surface area contributed by atoms with E-state index in [9.17, 15) is 0 Å². The Morgan fingerprint density at radius 3 is 2.80 bits per heavy atom. The molecule has 0 radical (unpaired) electrons. The van der Waals surface area contributed by atoms with Gasteiger partial charge in [0.25, 0.3) is 0 Å². The average molecular weight is 244 g/mol. The molecule has 15 heavy (non-hydrogen) atoms. The molecule has 0 N–H and O–H groups in total. The molecule has 1 fully saturated rings. The van der Waals surface area contributed by atoms with Crippen LogP contribution >= 0.6 is 23.2 Å². The normalized spacial score (nSPS) is 22.2. The Morgan fingerprint density at radius 2 is 2.20 bits per heavy atom. The summed E-state index contributed by atoms with van der Waals surface area (Å²) in [4.78, 5) is 2.45. The number of likely N-dealkylation sites (tertiary alicyclic amines) is 1. The molecule has 0 bridgehead atoms. The minimum absolute atomic E-state index is 0.578. The van der Waals surface area contributed by atoms with Gasteiger partial charge in [-0.25, -0.2) is 0 Å². The molecule has 82 valence electrons. The highest BCUT2D eigenvalue weighted by Gasteiger charge is 2.24. The van der Waals surface area contributed by atoms with Crippen LogP contribution in [-0.2, 0) is 0 Å². The minimum atomic E-state index is 0.578. The van der Waals surface area contributed by atoms with Crippen molar-refractivity contribution in [2.75, 3.05) is 19.6 Å². The lowest BCUT2D eigenvalue weighted by molar-refractivity contribution is 0.354. The lowest BCUT2D eigenvalue weighted by atomic mass is 9.98. The van der Waals surface area contributed by atoms with Gasteiger partial charge in [-0.3, -0.25) is 0 Å². The van der Waals surface area contributed by atoms with Gasteiger partial charge in [-0.2, -0.15) is 0 Å². The van der Waals surface area contributed by atoms with Gasteiger partial charge >= 0.3 is 0 Å². The standard InChI is InChI=1S/C12H15Cl2N/c1-2-15-6-5-9(8-15)11-4-3-10(13)7-12(11)14/h3-4,7,9H,2,5-6,8H2,1H3. The third kappa shape index (κ3) is 2.47. The van der Waals surface area contributed by atoms with E-state index in [1.807, 2.05) is 12.1 Å². The van der Waals surface area contributed by atoms with Crippen LogP contribution in [0.2, 0.25) is 10.0 Å². The van der Waals surface area contributed by atoms with Gasteiger partial charge in [0.1, 0.15) is 0 Å². The molecule has 0 amide bonds. The predicted octanol–water partition coefficient (Wildman–Crippen LogP) is 3.80. The van der Waals surface area contributed by atoms with Crippen molar-refractivity contribution in [1.82, 2.24) is 4.90 Å². The highest BCUT2D eigenvalue weighted by Crippen LogP contribution is 2.33. The van der Waals surface area contributed by atoms with Crippen LogP contribution in [0.1, 0.15) is 24.8 Å². The number of hydrogen-bond donors (Lipinski definition) is 0. The fraction of sp³-hybridized carbons (Fsp3) is 0.500. The van der Waals surface area contributed by atoms with Gasteiger partial charge in [-0.15, -0.1) is 0 Å². The Balaban J connectivity index is 2.17. The van der Waals surface area contributed by atoms with E-state index < -0.39 is 0 Å². The van der Waals surface area contributed by atoms with Crippen LogP contribution in [0.15, 0.2) is 18.2 Å². The highest BCUT2D eigenvalue weighted by atomic mass is 35.5. The van der Waals surface area contributed by atoms with E-state index in [2.05, 4.69) is 17.9 Å². The lowest BCUT2D eigenvalue weighted by Gasteiger charge is -2.14. The van der Waals surface area contributed by atoms with Gasteiger partial charge in [0.15, 0.2) is 0 Å². The molecule has 0 aromatic heterocycles. The summed E-state index contributed by atoms with van der Waals surface area (Å²) in [6, 6.07) is 5.83. The zero-order valence-corrected chi connectivity index (χ0v) is 10.4. The second-order valence-corrected chi connectivity index (χ2v) is 4.89. The maximum Gasteiger partial charge on any atom is 0.0456 e. The van der Waals surface area contributed by atoms with Crippen molar-refractivity contribution in [3.63, 3.8) is 0 Å². The van der Waals surface area contributed by atoms with E-state index in [1.165, 1.54) is 18.5 Å². The van der Waals surface area contributed by atoms with Gasteiger partial charge in [0.2, 0.25) is 0 Å². The number of halogens is 2. The van der Waals surface area contributed by atoms with Crippen molar-refractivity contribution < 1.29 is 0 Å². The van der Waals surface area contributed by atoms with Crippen LogP contribution in [0.25, 0.3) is 0 Å². The maximum absolute atomic E-state index is 6.20. The van der Waals surface area contributed by atoms with Crippen molar-refractivity contribution in [3.8, 4) is 0 Å². The maximum atomic E-state index is 6.20. The number of hydrogen-bond acceptors (Lipinski definition) is 1. The molecule has 1 unspecified atom stereocenters. The first-order valence-electron chi connectivity index (χ1n) is 5.38. The van der Waals surface area contributed by atoms with Crippen molar-refractivity contribution in [3.05, 3.63) is 33.8 Å². The first-order valence-corrected chi connectivity index (χ1v) is 6.13. The predicted molar refractivity (Wildman–Crippen MR) is 65.9 cm³/mol. The monoisotopic (exact) mass is 243 g/mol. The largest absolute Gasteiger partial charge is 0.303 e. The van der Waals surface area contributed by atoms with Crippen LogP contribution < -0.4 is 0 Å². The Morgan fingerprint density at radius 1 is 1.40 bits per heavy atom. The molecule has 1 aromatic rings. The topological polar surface area (TPSA) is 3.24 Å². The summed E-state index contributed by atoms with van der Waals surface area (Å²) in [5, 5.41) is 1.53.